The molecule has 0 saturated heterocycles. The molecule has 0 saturated carbocycles. The second-order valence-corrected chi connectivity index (χ2v) is 7.03. The largest absolute Gasteiger partial charge is 0.326 e. The van der Waals surface area contributed by atoms with Gasteiger partial charge in [-0.25, -0.2) is 0 Å². The lowest BCUT2D eigenvalue weighted by atomic mass is 10.0. The van der Waals surface area contributed by atoms with Gasteiger partial charge >= 0.3 is 0 Å². The predicted octanol–water partition coefficient (Wildman–Crippen LogP) is 5.15. The standard InChI is InChI=1S/C21H25ClN2O2/c1-14(2)17-8-10-18(11-9-17)24(16(4)25)13-12-21(26)23-20-7-5-6-19(22)15(20)3/h5-11,14H,12-13H2,1-4H3,(H,23,26). The van der Waals surface area contributed by atoms with Gasteiger partial charge in [0.1, 0.15) is 0 Å². The van der Waals surface area contributed by atoms with Crippen molar-refractivity contribution in [2.24, 2.45) is 0 Å². The molecule has 0 bridgehead atoms. The number of rotatable bonds is 6. The van der Waals surface area contributed by atoms with E-state index in [2.05, 4.69) is 19.2 Å². The normalized spacial score (nSPS) is 10.7. The van der Waals surface area contributed by atoms with Gasteiger partial charge in [0.05, 0.1) is 0 Å². The van der Waals surface area contributed by atoms with Crippen LogP contribution in [0.25, 0.3) is 0 Å². The van der Waals surface area contributed by atoms with E-state index in [1.807, 2.05) is 37.3 Å². The van der Waals surface area contributed by atoms with E-state index >= 15 is 0 Å². The summed E-state index contributed by atoms with van der Waals surface area (Å²) in [5.41, 5.74) is 3.54. The van der Waals surface area contributed by atoms with Crippen LogP contribution in [0, 0.1) is 6.92 Å². The number of hydrogen-bond acceptors (Lipinski definition) is 2. The van der Waals surface area contributed by atoms with Crippen LogP contribution in [-0.2, 0) is 9.59 Å². The van der Waals surface area contributed by atoms with E-state index in [1.54, 1.807) is 17.0 Å². The van der Waals surface area contributed by atoms with Crippen LogP contribution in [0.4, 0.5) is 11.4 Å². The number of amides is 2. The molecule has 0 unspecified atom stereocenters. The van der Waals surface area contributed by atoms with Crippen molar-refractivity contribution in [2.45, 2.75) is 40.0 Å². The third-order valence-corrected chi connectivity index (χ3v) is 4.77. The molecule has 0 heterocycles. The maximum atomic E-state index is 12.3. The fourth-order valence-electron chi connectivity index (χ4n) is 2.68. The molecule has 0 aromatic heterocycles. The third-order valence-electron chi connectivity index (χ3n) is 4.36. The molecular formula is C21H25ClN2O2. The monoisotopic (exact) mass is 372 g/mol. The molecular weight excluding hydrogens is 348 g/mol. The minimum Gasteiger partial charge on any atom is -0.326 e. The van der Waals surface area contributed by atoms with E-state index in [0.717, 1.165) is 11.3 Å². The zero-order valence-corrected chi connectivity index (χ0v) is 16.4. The Morgan fingerprint density at radius 3 is 2.35 bits per heavy atom. The Labute approximate surface area is 160 Å². The van der Waals surface area contributed by atoms with Gasteiger partial charge in [-0.1, -0.05) is 43.6 Å². The Balaban J connectivity index is 2.03. The number of nitrogens with one attached hydrogen (secondary N) is 1. The van der Waals surface area contributed by atoms with Gasteiger partial charge < -0.3 is 10.2 Å². The maximum absolute atomic E-state index is 12.3. The number of benzene rings is 2. The van der Waals surface area contributed by atoms with Gasteiger partial charge in [0.25, 0.3) is 0 Å². The van der Waals surface area contributed by atoms with Crippen LogP contribution >= 0.6 is 11.6 Å². The van der Waals surface area contributed by atoms with Crippen LogP contribution in [0.15, 0.2) is 42.5 Å². The van der Waals surface area contributed by atoms with E-state index in [1.165, 1.54) is 12.5 Å². The lowest BCUT2D eigenvalue weighted by Crippen LogP contribution is -2.32. The lowest BCUT2D eigenvalue weighted by molar-refractivity contribution is -0.117. The smallest absolute Gasteiger partial charge is 0.226 e. The van der Waals surface area contributed by atoms with Crippen molar-refractivity contribution in [3.8, 4) is 0 Å². The molecule has 4 nitrogen and oxygen atoms in total. The van der Waals surface area contributed by atoms with Crippen molar-refractivity contribution < 1.29 is 9.59 Å². The number of hydrogen-bond donors (Lipinski definition) is 1. The molecule has 0 atom stereocenters. The van der Waals surface area contributed by atoms with E-state index in [4.69, 9.17) is 11.6 Å². The van der Waals surface area contributed by atoms with Gasteiger partial charge in [0.15, 0.2) is 0 Å². The van der Waals surface area contributed by atoms with Crippen LogP contribution in [0.5, 0.6) is 0 Å². The molecule has 0 aliphatic heterocycles. The molecule has 2 amide bonds. The molecule has 2 rings (SSSR count). The number of anilines is 2. The van der Waals surface area contributed by atoms with Crippen molar-refractivity contribution in [2.75, 3.05) is 16.8 Å². The van der Waals surface area contributed by atoms with Crippen molar-refractivity contribution in [3.63, 3.8) is 0 Å². The van der Waals surface area contributed by atoms with E-state index < -0.39 is 0 Å². The third kappa shape index (κ3) is 5.09. The maximum Gasteiger partial charge on any atom is 0.226 e. The van der Waals surface area contributed by atoms with Gasteiger partial charge in [-0.05, 0) is 48.2 Å². The van der Waals surface area contributed by atoms with Crippen LogP contribution in [0.3, 0.4) is 0 Å². The summed E-state index contributed by atoms with van der Waals surface area (Å²) in [5.74, 6) is 0.191. The highest BCUT2D eigenvalue weighted by molar-refractivity contribution is 6.31. The molecule has 2 aromatic rings. The van der Waals surface area contributed by atoms with Gasteiger partial charge in [-0.2, -0.15) is 0 Å². The van der Waals surface area contributed by atoms with E-state index in [-0.39, 0.29) is 18.2 Å². The first-order chi connectivity index (χ1) is 12.3. The zero-order valence-electron chi connectivity index (χ0n) is 15.7. The summed E-state index contributed by atoms with van der Waals surface area (Å²) in [6.45, 7) is 7.94. The Bertz CT molecular complexity index is 785. The average Bonchev–Trinajstić information content (AvgIpc) is 2.59. The Kier molecular flexibility index (Phi) is 6.81. The highest BCUT2D eigenvalue weighted by Gasteiger charge is 2.14. The molecule has 138 valence electrons. The first kappa shape index (κ1) is 20.0. The summed E-state index contributed by atoms with van der Waals surface area (Å²) in [6.07, 6.45) is 0.206. The fourth-order valence-corrected chi connectivity index (χ4v) is 2.85. The molecule has 26 heavy (non-hydrogen) atoms. The topological polar surface area (TPSA) is 49.4 Å². The summed E-state index contributed by atoms with van der Waals surface area (Å²) in [5, 5.41) is 3.47. The summed E-state index contributed by atoms with van der Waals surface area (Å²) >= 11 is 6.08. The zero-order chi connectivity index (χ0) is 19.3. The summed E-state index contributed by atoms with van der Waals surface area (Å²) in [4.78, 5) is 25.9. The highest BCUT2D eigenvalue weighted by atomic mass is 35.5. The lowest BCUT2D eigenvalue weighted by Gasteiger charge is -2.22. The summed E-state index contributed by atoms with van der Waals surface area (Å²) in [7, 11) is 0. The van der Waals surface area contributed by atoms with E-state index in [0.29, 0.717) is 23.2 Å². The molecule has 0 fully saturated rings. The average molecular weight is 373 g/mol. The van der Waals surface area contributed by atoms with Crippen molar-refractivity contribution in [3.05, 3.63) is 58.6 Å². The quantitative estimate of drug-likeness (QED) is 0.761. The first-order valence-electron chi connectivity index (χ1n) is 8.72. The number of carbonyl (C=O) groups excluding carboxylic acids is 2. The predicted molar refractivity (Wildman–Crippen MR) is 108 cm³/mol. The Morgan fingerprint density at radius 2 is 1.77 bits per heavy atom. The Hall–Kier alpha value is -2.33. The van der Waals surface area contributed by atoms with Crippen LogP contribution in [0.2, 0.25) is 5.02 Å². The summed E-state index contributed by atoms with van der Waals surface area (Å²) in [6, 6.07) is 13.3. The van der Waals surface area contributed by atoms with Gasteiger partial charge in [0, 0.05) is 36.3 Å². The minimum absolute atomic E-state index is 0.0889. The molecule has 0 aliphatic rings. The minimum atomic E-state index is -0.152. The van der Waals surface area contributed by atoms with Gasteiger partial charge in [0.2, 0.25) is 11.8 Å². The highest BCUT2D eigenvalue weighted by Crippen LogP contribution is 2.23. The molecule has 0 spiro atoms. The van der Waals surface area contributed by atoms with Gasteiger partial charge in [-0.3, -0.25) is 9.59 Å². The second-order valence-electron chi connectivity index (χ2n) is 6.63. The van der Waals surface area contributed by atoms with Crippen LogP contribution < -0.4 is 10.2 Å². The van der Waals surface area contributed by atoms with Crippen LogP contribution in [-0.4, -0.2) is 18.4 Å². The SMILES string of the molecule is CC(=O)N(CCC(=O)Nc1cccc(Cl)c1C)c1ccc(C(C)C)cc1. The Morgan fingerprint density at radius 1 is 1.12 bits per heavy atom. The van der Waals surface area contributed by atoms with Crippen LogP contribution in [0.1, 0.15) is 44.2 Å². The number of carbonyl (C=O) groups is 2. The van der Waals surface area contributed by atoms with E-state index in [9.17, 15) is 9.59 Å². The molecule has 0 radical (unpaired) electrons. The molecule has 5 heteroatoms. The molecule has 2 aromatic carbocycles. The summed E-state index contributed by atoms with van der Waals surface area (Å²) < 4.78 is 0. The second kappa shape index (κ2) is 8.86. The molecule has 1 N–H and O–H groups in total. The van der Waals surface area contributed by atoms with Gasteiger partial charge in [-0.15, -0.1) is 0 Å². The first-order valence-corrected chi connectivity index (χ1v) is 9.10. The number of nitrogens with zero attached hydrogens (tertiary/aromatic N) is 1. The number of halogens is 1. The van der Waals surface area contributed by atoms with Crippen molar-refractivity contribution in [1.82, 2.24) is 0 Å². The molecule has 0 aliphatic carbocycles. The van der Waals surface area contributed by atoms with Crippen molar-refractivity contribution in [1.29, 1.82) is 0 Å². The fraction of sp³-hybridized carbons (Fsp3) is 0.333. The van der Waals surface area contributed by atoms with Crippen molar-refractivity contribution >= 4 is 34.8 Å².